The van der Waals surface area contributed by atoms with E-state index in [4.69, 9.17) is 0 Å². The third kappa shape index (κ3) is 5.23. The molecule has 0 aromatic heterocycles. The van der Waals surface area contributed by atoms with Crippen LogP contribution >= 0.6 is 0 Å². The number of rotatable bonds is 5. The van der Waals surface area contributed by atoms with Gasteiger partial charge < -0.3 is 4.90 Å². The average Bonchev–Trinajstić information content (AvgIpc) is 2.78. The van der Waals surface area contributed by atoms with Gasteiger partial charge in [0.15, 0.2) is 0 Å². The molecule has 1 fully saturated rings. The van der Waals surface area contributed by atoms with Gasteiger partial charge >= 0.3 is 0 Å². The van der Waals surface area contributed by atoms with Crippen molar-refractivity contribution in [2.24, 2.45) is 0 Å². The normalized spacial score (nSPS) is 20.7. The van der Waals surface area contributed by atoms with Gasteiger partial charge in [-0.15, -0.1) is 0 Å². The van der Waals surface area contributed by atoms with Crippen LogP contribution in [-0.2, 0) is 21.4 Å². The Labute approximate surface area is 184 Å². The molecule has 31 heavy (non-hydrogen) atoms. The van der Waals surface area contributed by atoms with Crippen LogP contribution in [0.15, 0.2) is 60.0 Å². The van der Waals surface area contributed by atoms with E-state index in [1.165, 1.54) is 20.8 Å². The predicted molar refractivity (Wildman–Crippen MR) is 123 cm³/mol. The minimum absolute atomic E-state index is 0.0726. The molecular weight excluding hydrogens is 410 g/mol. The molecule has 0 N–H and O–H groups in total. The average molecular weight is 440 g/mol. The fraction of sp³-hybridized carbons (Fsp3) is 0.375. The number of amides is 1. The molecule has 1 atom stereocenters. The van der Waals surface area contributed by atoms with Gasteiger partial charge in [0.05, 0.1) is 6.54 Å². The van der Waals surface area contributed by atoms with Crippen LogP contribution in [0.4, 0.5) is 0 Å². The van der Waals surface area contributed by atoms with E-state index in [1.54, 1.807) is 11.0 Å². The van der Waals surface area contributed by atoms with Crippen molar-refractivity contribution in [3.05, 3.63) is 76.7 Å². The molecule has 0 bridgehead atoms. The van der Waals surface area contributed by atoms with Crippen LogP contribution in [0.1, 0.15) is 29.5 Å². The quantitative estimate of drug-likeness (QED) is 0.719. The minimum Gasteiger partial charge on any atom is -0.339 e. The van der Waals surface area contributed by atoms with Crippen LogP contribution in [0.3, 0.4) is 0 Å². The standard InChI is InChI=1S/C24H29N3O3S/c1-20-17-25(18-22-9-5-6-10-23(20)22)19-24(28)26-12-14-27(15-13-26)31(29,30)16-11-21-7-3-2-4-8-21/h2-11,16,20H,12-15,17-19H2,1H3/b16-11+. The Morgan fingerprint density at radius 2 is 1.68 bits per heavy atom. The first-order valence-corrected chi connectivity index (χ1v) is 12.2. The largest absolute Gasteiger partial charge is 0.339 e. The first-order chi connectivity index (χ1) is 14.9. The molecule has 0 saturated carbocycles. The number of hydrogen-bond donors (Lipinski definition) is 0. The van der Waals surface area contributed by atoms with Gasteiger partial charge in [0, 0.05) is 44.7 Å². The second-order valence-electron chi connectivity index (χ2n) is 8.31. The van der Waals surface area contributed by atoms with Crippen molar-refractivity contribution in [2.45, 2.75) is 19.4 Å². The summed E-state index contributed by atoms with van der Waals surface area (Å²) in [6.45, 7) is 5.72. The summed E-state index contributed by atoms with van der Waals surface area (Å²) in [5.74, 6) is 0.472. The summed E-state index contributed by atoms with van der Waals surface area (Å²) >= 11 is 0. The van der Waals surface area contributed by atoms with Gasteiger partial charge in [0.2, 0.25) is 15.9 Å². The highest BCUT2D eigenvalue weighted by Gasteiger charge is 2.29. The van der Waals surface area contributed by atoms with Crippen molar-refractivity contribution in [1.82, 2.24) is 14.1 Å². The zero-order valence-electron chi connectivity index (χ0n) is 17.9. The molecule has 2 aromatic rings. The number of piperazine rings is 1. The molecule has 2 aliphatic rings. The molecule has 2 aliphatic heterocycles. The maximum atomic E-state index is 12.9. The second kappa shape index (κ2) is 9.34. The zero-order chi connectivity index (χ0) is 21.8. The number of fused-ring (bicyclic) bond motifs is 1. The first-order valence-electron chi connectivity index (χ1n) is 10.7. The van der Waals surface area contributed by atoms with Crippen molar-refractivity contribution in [1.29, 1.82) is 0 Å². The number of benzene rings is 2. The molecule has 2 heterocycles. The van der Waals surface area contributed by atoms with E-state index in [1.807, 2.05) is 36.4 Å². The van der Waals surface area contributed by atoms with E-state index in [-0.39, 0.29) is 5.91 Å². The van der Waals surface area contributed by atoms with E-state index in [2.05, 4.69) is 30.0 Å². The molecular formula is C24H29N3O3S. The van der Waals surface area contributed by atoms with Crippen LogP contribution in [0, 0.1) is 0 Å². The van der Waals surface area contributed by atoms with Crippen molar-refractivity contribution in [3.63, 3.8) is 0 Å². The molecule has 4 rings (SSSR count). The van der Waals surface area contributed by atoms with Gasteiger partial charge in [-0.3, -0.25) is 9.69 Å². The van der Waals surface area contributed by atoms with Gasteiger partial charge in [-0.1, -0.05) is 61.5 Å². The molecule has 7 heteroatoms. The van der Waals surface area contributed by atoms with Gasteiger partial charge in [0.25, 0.3) is 0 Å². The zero-order valence-corrected chi connectivity index (χ0v) is 18.7. The summed E-state index contributed by atoms with van der Waals surface area (Å²) in [5.41, 5.74) is 3.50. The number of hydrogen-bond acceptors (Lipinski definition) is 4. The highest BCUT2D eigenvalue weighted by atomic mass is 32.2. The lowest BCUT2D eigenvalue weighted by Gasteiger charge is -2.36. The predicted octanol–water partition coefficient (Wildman–Crippen LogP) is 2.75. The Balaban J connectivity index is 1.30. The van der Waals surface area contributed by atoms with Crippen molar-refractivity contribution < 1.29 is 13.2 Å². The van der Waals surface area contributed by atoms with E-state index >= 15 is 0 Å². The fourth-order valence-corrected chi connectivity index (χ4v) is 5.54. The van der Waals surface area contributed by atoms with E-state index in [0.717, 1.165) is 18.7 Å². The van der Waals surface area contributed by atoms with Crippen molar-refractivity contribution >= 4 is 22.0 Å². The lowest BCUT2D eigenvalue weighted by Crippen LogP contribution is -2.52. The van der Waals surface area contributed by atoms with E-state index < -0.39 is 10.0 Å². The fourth-order valence-electron chi connectivity index (χ4n) is 4.37. The Morgan fingerprint density at radius 3 is 2.42 bits per heavy atom. The van der Waals surface area contributed by atoms with E-state index in [0.29, 0.717) is 38.6 Å². The molecule has 164 valence electrons. The highest BCUT2D eigenvalue weighted by molar-refractivity contribution is 7.92. The Kier molecular flexibility index (Phi) is 6.55. The molecule has 1 unspecified atom stereocenters. The van der Waals surface area contributed by atoms with Crippen molar-refractivity contribution in [2.75, 3.05) is 39.3 Å². The lowest BCUT2D eigenvalue weighted by molar-refractivity contribution is -0.133. The van der Waals surface area contributed by atoms with Crippen LogP contribution in [0.5, 0.6) is 0 Å². The van der Waals surface area contributed by atoms with Gasteiger partial charge in [-0.25, -0.2) is 8.42 Å². The Hall–Kier alpha value is -2.48. The second-order valence-corrected chi connectivity index (χ2v) is 10.1. The Morgan fingerprint density at radius 1 is 1.00 bits per heavy atom. The molecule has 6 nitrogen and oxygen atoms in total. The van der Waals surface area contributed by atoms with Crippen LogP contribution in [0.25, 0.3) is 6.08 Å². The third-order valence-corrected chi connectivity index (χ3v) is 7.62. The molecule has 1 saturated heterocycles. The van der Waals surface area contributed by atoms with Crippen molar-refractivity contribution in [3.8, 4) is 0 Å². The number of nitrogens with zero attached hydrogens (tertiary/aromatic N) is 3. The summed E-state index contributed by atoms with van der Waals surface area (Å²) in [6, 6.07) is 17.8. The molecule has 0 aliphatic carbocycles. The summed E-state index contributed by atoms with van der Waals surface area (Å²) in [4.78, 5) is 16.8. The molecule has 0 radical (unpaired) electrons. The topological polar surface area (TPSA) is 60.9 Å². The number of sulfonamides is 1. The summed E-state index contributed by atoms with van der Waals surface area (Å²) in [7, 11) is -3.49. The lowest BCUT2D eigenvalue weighted by atomic mass is 9.91. The van der Waals surface area contributed by atoms with Crippen LogP contribution in [0.2, 0.25) is 0 Å². The summed E-state index contributed by atoms with van der Waals surface area (Å²) in [5, 5.41) is 1.26. The van der Waals surface area contributed by atoms with Crippen LogP contribution in [-0.4, -0.2) is 67.7 Å². The maximum Gasteiger partial charge on any atom is 0.236 e. The first kappa shape index (κ1) is 21.7. The Bertz CT molecular complexity index is 1040. The third-order valence-electron chi connectivity index (χ3n) is 6.05. The number of carbonyl (C=O) groups is 1. The van der Waals surface area contributed by atoms with E-state index in [9.17, 15) is 13.2 Å². The monoisotopic (exact) mass is 439 g/mol. The van der Waals surface area contributed by atoms with Gasteiger partial charge in [-0.05, 0) is 28.7 Å². The van der Waals surface area contributed by atoms with Gasteiger partial charge in [0.1, 0.15) is 0 Å². The SMILES string of the molecule is CC1CN(CC(=O)N2CCN(S(=O)(=O)/C=C/c3ccccc3)CC2)Cc2ccccc21. The van der Waals surface area contributed by atoms with Gasteiger partial charge in [-0.2, -0.15) is 4.31 Å². The molecule has 1 amide bonds. The van der Waals surface area contributed by atoms with Crippen LogP contribution < -0.4 is 0 Å². The highest BCUT2D eigenvalue weighted by Crippen LogP contribution is 2.27. The maximum absolute atomic E-state index is 12.9. The number of carbonyl (C=O) groups excluding carboxylic acids is 1. The summed E-state index contributed by atoms with van der Waals surface area (Å²) in [6.07, 6.45) is 1.61. The minimum atomic E-state index is -3.49. The summed E-state index contributed by atoms with van der Waals surface area (Å²) < 4.78 is 26.7. The molecule has 0 spiro atoms. The molecule has 2 aromatic carbocycles. The smallest absolute Gasteiger partial charge is 0.236 e.